The monoisotopic (exact) mass is 252 g/mol. The van der Waals surface area contributed by atoms with Crippen LogP contribution in [0, 0.1) is 0 Å². The van der Waals surface area contributed by atoms with E-state index in [0.29, 0.717) is 0 Å². The predicted octanol–water partition coefficient (Wildman–Crippen LogP) is 2.57. The Morgan fingerprint density at radius 3 is 2.35 bits per heavy atom. The minimum absolute atomic E-state index is 0.218. The molecule has 0 spiro atoms. The molecule has 2 rings (SSSR count). The van der Waals surface area contributed by atoms with Crippen molar-refractivity contribution in [2.24, 2.45) is 0 Å². The number of nitrogens with one attached hydrogen (secondary N) is 1. The molecule has 0 atom stereocenters. The summed E-state index contributed by atoms with van der Waals surface area (Å²) in [5.41, 5.74) is 1.58. The Labute approximate surface area is 109 Å². The molecule has 0 radical (unpaired) electrons. The van der Waals surface area contributed by atoms with Gasteiger partial charge in [0.25, 0.3) is 0 Å². The molecule has 0 bridgehead atoms. The number of hydrogen-bond donors (Lipinski definition) is 1. The largest absolute Gasteiger partial charge is 0.314 e. The summed E-state index contributed by atoms with van der Waals surface area (Å²) in [6, 6.07) is 8.22. The first-order chi connectivity index (χ1) is 8.08. The predicted molar refractivity (Wildman–Crippen MR) is 73.7 cm³/mol. The summed E-state index contributed by atoms with van der Waals surface area (Å²) in [5.74, 6) is 0. The van der Waals surface area contributed by atoms with Crippen LogP contribution in [-0.2, 0) is 6.42 Å². The van der Waals surface area contributed by atoms with Gasteiger partial charge < -0.3 is 5.32 Å². The van der Waals surface area contributed by atoms with Crippen LogP contribution in [0.5, 0.6) is 0 Å². The van der Waals surface area contributed by atoms with E-state index in [1.165, 1.54) is 5.56 Å². The van der Waals surface area contributed by atoms with Crippen LogP contribution in [0.4, 0.5) is 0 Å². The molecular weight excluding hydrogens is 232 g/mol. The standard InChI is InChI=1S/C14H21ClN2/c1-14(2,17-9-7-16-8-10-17)11-12-3-5-13(15)6-4-12/h3-6,16H,7-11H2,1-2H3. The van der Waals surface area contributed by atoms with Crippen molar-refractivity contribution in [1.29, 1.82) is 0 Å². The van der Waals surface area contributed by atoms with Crippen LogP contribution in [0.3, 0.4) is 0 Å². The Hall–Kier alpha value is -0.570. The molecule has 0 aromatic heterocycles. The fourth-order valence-electron chi connectivity index (χ4n) is 2.48. The normalized spacial score (nSPS) is 18.3. The molecule has 1 fully saturated rings. The van der Waals surface area contributed by atoms with Gasteiger partial charge in [0.15, 0.2) is 0 Å². The second-order valence-corrected chi connectivity index (χ2v) is 5.79. The van der Waals surface area contributed by atoms with Crippen LogP contribution in [0.2, 0.25) is 5.02 Å². The Morgan fingerprint density at radius 1 is 1.18 bits per heavy atom. The average Bonchev–Trinajstić information content (AvgIpc) is 2.33. The van der Waals surface area contributed by atoms with Crippen molar-refractivity contribution in [1.82, 2.24) is 10.2 Å². The van der Waals surface area contributed by atoms with E-state index in [1.54, 1.807) is 0 Å². The van der Waals surface area contributed by atoms with E-state index in [0.717, 1.165) is 37.6 Å². The Balaban J connectivity index is 2.02. The van der Waals surface area contributed by atoms with Gasteiger partial charge in [-0.25, -0.2) is 0 Å². The third-order valence-electron chi connectivity index (χ3n) is 3.52. The molecule has 0 amide bonds. The van der Waals surface area contributed by atoms with Gasteiger partial charge in [-0.3, -0.25) is 4.90 Å². The lowest BCUT2D eigenvalue weighted by Gasteiger charge is -2.41. The maximum absolute atomic E-state index is 5.91. The van der Waals surface area contributed by atoms with Gasteiger partial charge in [-0.05, 0) is 38.0 Å². The topological polar surface area (TPSA) is 15.3 Å². The van der Waals surface area contributed by atoms with Crippen LogP contribution in [0.25, 0.3) is 0 Å². The van der Waals surface area contributed by atoms with Crippen LogP contribution in [-0.4, -0.2) is 36.6 Å². The molecule has 0 unspecified atom stereocenters. The minimum atomic E-state index is 0.218. The zero-order valence-corrected chi connectivity index (χ0v) is 11.4. The summed E-state index contributed by atoms with van der Waals surface area (Å²) in [5, 5.41) is 4.21. The van der Waals surface area contributed by atoms with Gasteiger partial charge in [-0.2, -0.15) is 0 Å². The summed E-state index contributed by atoms with van der Waals surface area (Å²) in [6.45, 7) is 9.13. The number of piperazine rings is 1. The van der Waals surface area contributed by atoms with Crippen molar-refractivity contribution in [3.63, 3.8) is 0 Å². The summed E-state index contributed by atoms with van der Waals surface area (Å²) in [4.78, 5) is 2.57. The minimum Gasteiger partial charge on any atom is -0.314 e. The van der Waals surface area contributed by atoms with E-state index >= 15 is 0 Å². The highest BCUT2D eigenvalue weighted by molar-refractivity contribution is 6.30. The highest BCUT2D eigenvalue weighted by Crippen LogP contribution is 2.21. The van der Waals surface area contributed by atoms with E-state index in [9.17, 15) is 0 Å². The van der Waals surface area contributed by atoms with Crippen molar-refractivity contribution in [2.75, 3.05) is 26.2 Å². The third-order valence-corrected chi connectivity index (χ3v) is 3.78. The molecular formula is C14H21ClN2. The third kappa shape index (κ3) is 3.44. The first kappa shape index (κ1) is 12.9. The molecule has 94 valence electrons. The molecule has 3 heteroatoms. The Morgan fingerprint density at radius 2 is 1.76 bits per heavy atom. The van der Waals surface area contributed by atoms with Crippen molar-refractivity contribution in [2.45, 2.75) is 25.8 Å². The van der Waals surface area contributed by atoms with Crippen LogP contribution >= 0.6 is 11.6 Å². The van der Waals surface area contributed by atoms with Crippen molar-refractivity contribution < 1.29 is 0 Å². The lowest BCUT2D eigenvalue weighted by molar-refractivity contribution is 0.104. The van der Waals surface area contributed by atoms with Crippen LogP contribution in [0.15, 0.2) is 24.3 Å². The van der Waals surface area contributed by atoms with E-state index in [2.05, 4.69) is 36.2 Å². The van der Waals surface area contributed by atoms with E-state index in [1.807, 2.05) is 12.1 Å². The quantitative estimate of drug-likeness (QED) is 0.890. The second-order valence-electron chi connectivity index (χ2n) is 5.35. The summed E-state index contributed by atoms with van der Waals surface area (Å²) in [6.07, 6.45) is 1.07. The van der Waals surface area contributed by atoms with Crippen LogP contribution < -0.4 is 5.32 Å². The average molecular weight is 253 g/mol. The van der Waals surface area contributed by atoms with Gasteiger partial charge in [-0.1, -0.05) is 23.7 Å². The molecule has 1 aliphatic heterocycles. The fraction of sp³-hybridized carbons (Fsp3) is 0.571. The van der Waals surface area contributed by atoms with E-state index < -0.39 is 0 Å². The van der Waals surface area contributed by atoms with Gasteiger partial charge in [0.2, 0.25) is 0 Å². The molecule has 1 N–H and O–H groups in total. The molecule has 0 saturated carbocycles. The highest BCUT2D eigenvalue weighted by atomic mass is 35.5. The van der Waals surface area contributed by atoms with Crippen molar-refractivity contribution in [3.8, 4) is 0 Å². The molecule has 2 nitrogen and oxygen atoms in total. The molecule has 1 aromatic carbocycles. The number of hydrogen-bond acceptors (Lipinski definition) is 2. The fourth-order valence-corrected chi connectivity index (χ4v) is 2.61. The maximum atomic E-state index is 5.91. The summed E-state index contributed by atoms with van der Waals surface area (Å²) < 4.78 is 0. The smallest absolute Gasteiger partial charge is 0.0406 e. The number of nitrogens with zero attached hydrogens (tertiary/aromatic N) is 1. The Bertz CT molecular complexity index is 353. The maximum Gasteiger partial charge on any atom is 0.0406 e. The first-order valence-electron chi connectivity index (χ1n) is 6.28. The van der Waals surface area contributed by atoms with E-state index in [4.69, 9.17) is 11.6 Å². The molecule has 1 heterocycles. The SMILES string of the molecule is CC(C)(Cc1ccc(Cl)cc1)N1CCNCC1. The zero-order valence-electron chi connectivity index (χ0n) is 10.7. The van der Waals surface area contributed by atoms with Gasteiger partial charge >= 0.3 is 0 Å². The lowest BCUT2D eigenvalue weighted by atomic mass is 9.92. The molecule has 1 saturated heterocycles. The molecule has 1 aromatic rings. The first-order valence-corrected chi connectivity index (χ1v) is 6.66. The van der Waals surface area contributed by atoms with E-state index in [-0.39, 0.29) is 5.54 Å². The molecule has 0 aliphatic carbocycles. The van der Waals surface area contributed by atoms with Crippen LogP contribution in [0.1, 0.15) is 19.4 Å². The van der Waals surface area contributed by atoms with Gasteiger partial charge in [0.05, 0.1) is 0 Å². The van der Waals surface area contributed by atoms with Crippen molar-refractivity contribution >= 4 is 11.6 Å². The Kier molecular flexibility index (Phi) is 4.08. The van der Waals surface area contributed by atoms with Gasteiger partial charge in [0, 0.05) is 36.7 Å². The summed E-state index contributed by atoms with van der Waals surface area (Å²) >= 11 is 5.91. The number of benzene rings is 1. The van der Waals surface area contributed by atoms with Crippen molar-refractivity contribution in [3.05, 3.63) is 34.9 Å². The van der Waals surface area contributed by atoms with Gasteiger partial charge in [-0.15, -0.1) is 0 Å². The van der Waals surface area contributed by atoms with Gasteiger partial charge in [0.1, 0.15) is 0 Å². The number of halogens is 1. The lowest BCUT2D eigenvalue weighted by Crippen LogP contribution is -2.54. The summed E-state index contributed by atoms with van der Waals surface area (Å²) in [7, 11) is 0. The zero-order chi connectivity index (χ0) is 12.3. The molecule has 1 aliphatic rings. The highest BCUT2D eigenvalue weighted by Gasteiger charge is 2.27. The second kappa shape index (κ2) is 5.38. The number of rotatable bonds is 3. The molecule has 17 heavy (non-hydrogen) atoms.